The maximum Gasteiger partial charge on any atom is 0.119 e. The zero-order valence-corrected chi connectivity index (χ0v) is 12.3. The second-order valence-electron chi connectivity index (χ2n) is 5.11. The molecule has 0 aliphatic heterocycles. The first-order chi connectivity index (χ1) is 8.63. The van der Waals surface area contributed by atoms with Crippen LogP contribution in [0.2, 0.25) is 0 Å². The standard InChI is InChI=1S/C16H27NO/c1-5-12-18-15-10-8-14(9-11-15)13-17-16(4,6-2)7-3/h8-11,17H,5-7,12-13H2,1-4H3. The van der Waals surface area contributed by atoms with Crippen molar-refractivity contribution in [3.05, 3.63) is 29.8 Å². The van der Waals surface area contributed by atoms with Crippen molar-refractivity contribution in [2.75, 3.05) is 6.61 Å². The number of nitrogens with one attached hydrogen (secondary N) is 1. The predicted octanol–water partition coefficient (Wildman–Crippen LogP) is 4.14. The molecule has 0 amide bonds. The van der Waals surface area contributed by atoms with Gasteiger partial charge in [-0.15, -0.1) is 0 Å². The second kappa shape index (κ2) is 7.42. The van der Waals surface area contributed by atoms with E-state index in [4.69, 9.17) is 4.74 Å². The number of ether oxygens (including phenoxy) is 1. The highest BCUT2D eigenvalue weighted by atomic mass is 16.5. The van der Waals surface area contributed by atoms with Gasteiger partial charge in [-0.1, -0.05) is 32.9 Å². The molecule has 18 heavy (non-hydrogen) atoms. The molecule has 1 N–H and O–H groups in total. The molecule has 0 saturated carbocycles. The van der Waals surface area contributed by atoms with Gasteiger partial charge in [0.25, 0.3) is 0 Å². The van der Waals surface area contributed by atoms with Crippen molar-refractivity contribution in [3.8, 4) is 5.75 Å². The lowest BCUT2D eigenvalue weighted by Gasteiger charge is -2.28. The first kappa shape index (κ1) is 15.0. The van der Waals surface area contributed by atoms with E-state index in [2.05, 4.69) is 57.3 Å². The van der Waals surface area contributed by atoms with Crippen molar-refractivity contribution in [3.63, 3.8) is 0 Å². The van der Waals surface area contributed by atoms with Crippen molar-refractivity contribution in [1.82, 2.24) is 5.32 Å². The Hall–Kier alpha value is -1.02. The molecule has 0 atom stereocenters. The predicted molar refractivity (Wildman–Crippen MR) is 78.1 cm³/mol. The molecule has 1 aromatic carbocycles. The highest BCUT2D eigenvalue weighted by molar-refractivity contribution is 5.27. The minimum atomic E-state index is 0.247. The number of hydrogen-bond donors (Lipinski definition) is 1. The van der Waals surface area contributed by atoms with E-state index in [1.165, 1.54) is 5.56 Å². The minimum Gasteiger partial charge on any atom is -0.494 e. The van der Waals surface area contributed by atoms with Crippen LogP contribution in [0.15, 0.2) is 24.3 Å². The van der Waals surface area contributed by atoms with Crippen LogP contribution in [0, 0.1) is 0 Å². The van der Waals surface area contributed by atoms with E-state index in [0.717, 1.165) is 38.2 Å². The van der Waals surface area contributed by atoms with E-state index in [1.807, 2.05) is 0 Å². The van der Waals surface area contributed by atoms with Gasteiger partial charge in [0.2, 0.25) is 0 Å². The van der Waals surface area contributed by atoms with Crippen molar-refractivity contribution in [1.29, 1.82) is 0 Å². The third-order valence-electron chi connectivity index (χ3n) is 3.68. The van der Waals surface area contributed by atoms with Crippen LogP contribution >= 0.6 is 0 Å². The Morgan fingerprint density at radius 2 is 1.67 bits per heavy atom. The molecule has 1 aromatic rings. The van der Waals surface area contributed by atoms with E-state index in [0.29, 0.717) is 0 Å². The normalized spacial score (nSPS) is 11.6. The van der Waals surface area contributed by atoms with Crippen molar-refractivity contribution in [2.45, 2.75) is 59.0 Å². The summed E-state index contributed by atoms with van der Waals surface area (Å²) in [6, 6.07) is 8.40. The summed E-state index contributed by atoms with van der Waals surface area (Å²) in [5.41, 5.74) is 1.56. The molecule has 0 saturated heterocycles. The zero-order valence-electron chi connectivity index (χ0n) is 12.3. The summed E-state index contributed by atoms with van der Waals surface area (Å²) in [5.74, 6) is 0.967. The summed E-state index contributed by atoms with van der Waals surface area (Å²) < 4.78 is 5.58. The summed E-state index contributed by atoms with van der Waals surface area (Å²) in [6.07, 6.45) is 3.36. The van der Waals surface area contributed by atoms with Gasteiger partial charge in [-0.2, -0.15) is 0 Å². The third-order valence-corrected chi connectivity index (χ3v) is 3.68. The molecule has 0 bridgehead atoms. The topological polar surface area (TPSA) is 21.3 Å². The van der Waals surface area contributed by atoms with E-state index in [-0.39, 0.29) is 5.54 Å². The fraction of sp³-hybridized carbons (Fsp3) is 0.625. The second-order valence-corrected chi connectivity index (χ2v) is 5.11. The van der Waals surface area contributed by atoms with Crippen molar-refractivity contribution < 1.29 is 4.74 Å². The Morgan fingerprint density at radius 1 is 1.06 bits per heavy atom. The maximum atomic E-state index is 5.58. The van der Waals surface area contributed by atoms with Crippen LogP contribution in [0.1, 0.15) is 52.5 Å². The van der Waals surface area contributed by atoms with Gasteiger partial charge in [0, 0.05) is 12.1 Å². The van der Waals surface area contributed by atoms with Crippen LogP contribution in [-0.4, -0.2) is 12.1 Å². The van der Waals surface area contributed by atoms with Gasteiger partial charge in [-0.3, -0.25) is 0 Å². The molecule has 0 heterocycles. The van der Waals surface area contributed by atoms with Gasteiger partial charge < -0.3 is 10.1 Å². The van der Waals surface area contributed by atoms with E-state index in [1.54, 1.807) is 0 Å². The lowest BCUT2D eigenvalue weighted by molar-refractivity contribution is 0.316. The van der Waals surface area contributed by atoms with Gasteiger partial charge in [0.05, 0.1) is 6.61 Å². The third kappa shape index (κ3) is 4.69. The molecule has 0 spiro atoms. The maximum absolute atomic E-state index is 5.58. The summed E-state index contributed by atoms with van der Waals surface area (Å²) in [6.45, 7) is 10.6. The summed E-state index contributed by atoms with van der Waals surface area (Å²) in [4.78, 5) is 0. The van der Waals surface area contributed by atoms with Gasteiger partial charge in [-0.25, -0.2) is 0 Å². The molecule has 0 fully saturated rings. The van der Waals surface area contributed by atoms with Gasteiger partial charge in [0.15, 0.2) is 0 Å². The van der Waals surface area contributed by atoms with Crippen molar-refractivity contribution in [2.24, 2.45) is 0 Å². The number of rotatable bonds is 8. The van der Waals surface area contributed by atoms with Gasteiger partial charge >= 0.3 is 0 Å². The number of hydrogen-bond acceptors (Lipinski definition) is 2. The highest BCUT2D eigenvalue weighted by Gasteiger charge is 2.17. The average Bonchev–Trinajstić information content (AvgIpc) is 2.43. The van der Waals surface area contributed by atoms with Crippen LogP contribution < -0.4 is 10.1 Å². The Labute approximate surface area is 112 Å². The quantitative estimate of drug-likeness (QED) is 0.747. The highest BCUT2D eigenvalue weighted by Crippen LogP contribution is 2.16. The molecule has 2 nitrogen and oxygen atoms in total. The molecule has 102 valence electrons. The lowest BCUT2D eigenvalue weighted by Crippen LogP contribution is -2.40. The molecule has 0 aliphatic carbocycles. The van der Waals surface area contributed by atoms with Gasteiger partial charge in [-0.05, 0) is 43.9 Å². The molecule has 0 aliphatic rings. The van der Waals surface area contributed by atoms with Crippen molar-refractivity contribution >= 4 is 0 Å². The summed E-state index contributed by atoms with van der Waals surface area (Å²) in [7, 11) is 0. The monoisotopic (exact) mass is 249 g/mol. The Morgan fingerprint density at radius 3 is 2.17 bits per heavy atom. The Balaban J connectivity index is 2.48. The van der Waals surface area contributed by atoms with Crippen LogP contribution in [0.3, 0.4) is 0 Å². The largest absolute Gasteiger partial charge is 0.494 e. The Bertz CT molecular complexity index is 327. The smallest absolute Gasteiger partial charge is 0.119 e. The van der Waals surface area contributed by atoms with Crippen LogP contribution in [0.5, 0.6) is 5.75 Å². The zero-order chi connectivity index (χ0) is 13.4. The minimum absolute atomic E-state index is 0.247. The van der Waals surface area contributed by atoms with Crippen LogP contribution in [0.4, 0.5) is 0 Å². The fourth-order valence-corrected chi connectivity index (χ4v) is 1.74. The van der Waals surface area contributed by atoms with E-state index in [9.17, 15) is 0 Å². The first-order valence-electron chi connectivity index (χ1n) is 7.10. The summed E-state index contributed by atoms with van der Waals surface area (Å²) in [5, 5.41) is 3.63. The molecule has 0 unspecified atom stereocenters. The summed E-state index contributed by atoms with van der Waals surface area (Å²) >= 11 is 0. The molecular weight excluding hydrogens is 222 g/mol. The first-order valence-corrected chi connectivity index (χ1v) is 7.10. The number of benzene rings is 1. The SMILES string of the molecule is CCCOc1ccc(CNC(C)(CC)CC)cc1. The molecule has 1 rings (SSSR count). The molecule has 0 aromatic heterocycles. The molecule has 0 radical (unpaired) electrons. The van der Waals surface area contributed by atoms with E-state index < -0.39 is 0 Å². The molecular formula is C16H27NO. The molecule has 2 heteroatoms. The lowest BCUT2D eigenvalue weighted by atomic mass is 9.95. The fourth-order valence-electron chi connectivity index (χ4n) is 1.74. The Kier molecular flexibility index (Phi) is 6.20. The van der Waals surface area contributed by atoms with Gasteiger partial charge in [0.1, 0.15) is 5.75 Å². The van der Waals surface area contributed by atoms with Crippen LogP contribution in [0.25, 0.3) is 0 Å². The van der Waals surface area contributed by atoms with Crippen LogP contribution in [-0.2, 0) is 6.54 Å². The van der Waals surface area contributed by atoms with E-state index >= 15 is 0 Å². The average molecular weight is 249 g/mol.